The first kappa shape index (κ1) is 9.83. The number of phenolic OH excluding ortho intramolecular Hbond substituents is 1. The summed E-state index contributed by atoms with van der Waals surface area (Å²) in [4.78, 5) is 11.8. The molecule has 0 saturated carbocycles. The van der Waals surface area contributed by atoms with E-state index in [1.165, 1.54) is 0 Å². The van der Waals surface area contributed by atoms with Crippen molar-refractivity contribution in [3.63, 3.8) is 0 Å². The average molecular weight is 206 g/mol. The summed E-state index contributed by atoms with van der Waals surface area (Å²) >= 11 is 0. The zero-order valence-electron chi connectivity index (χ0n) is 8.79. The number of phenols is 1. The number of hydrogen-bond donors (Lipinski definition) is 3. The fourth-order valence-electron chi connectivity index (χ4n) is 1.50. The number of amides is 1. The van der Waals surface area contributed by atoms with Gasteiger partial charge in [-0.2, -0.15) is 0 Å². The second kappa shape index (κ2) is 3.15. The van der Waals surface area contributed by atoms with E-state index in [4.69, 9.17) is 0 Å². The van der Waals surface area contributed by atoms with Gasteiger partial charge in [0, 0.05) is 6.54 Å². The molecule has 2 rings (SSSR count). The first-order valence-electron chi connectivity index (χ1n) is 4.88. The predicted octanol–water partition coefficient (Wildman–Crippen LogP) is 1.78. The Morgan fingerprint density at radius 3 is 2.87 bits per heavy atom. The van der Waals surface area contributed by atoms with Crippen molar-refractivity contribution in [3.05, 3.63) is 18.2 Å². The molecule has 15 heavy (non-hydrogen) atoms. The van der Waals surface area contributed by atoms with Crippen LogP contribution in [0.3, 0.4) is 0 Å². The smallest absolute Gasteiger partial charge is 0.231 e. The van der Waals surface area contributed by atoms with Gasteiger partial charge in [0.25, 0.3) is 0 Å². The first-order chi connectivity index (χ1) is 7.00. The van der Waals surface area contributed by atoms with Crippen molar-refractivity contribution < 1.29 is 9.90 Å². The molecule has 0 fully saturated rings. The molecule has 0 saturated heterocycles. The molecular weight excluding hydrogens is 192 g/mol. The minimum absolute atomic E-state index is 0.0877. The number of anilines is 2. The third-order valence-corrected chi connectivity index (χ3v) is 2.62. The van der Waals surface area contributed by atoms with Crippen LogP contribution in [-0.4, -0.2) is 17.6 Å². The molecule has 0 atom stereocenters. The van der Waals surface area contributed by atoms with Crippen molar-refractivity contribution >= 4 is 17.3 Å². The fourth-order valence-corrected chi connectivity index (χ4v) is 1.50. The van der Waals surface area contributed by atoms with E-state index < -0.39 is 5.41 Å². The zero-order valence-corrected chi connectivity index (χ0v) is 8.79. The van der Waals surface area contributed by atoms with Gasteiger partial charge < -0.3 is 15.7 Å². The quantitative estimate of drug-likeness (QED) is 0.567. The number of para-hydroxylation sites is 1. The van der Waals surface area contributed by atoms with E-state index in [9.17, 15) is 9.90 Å². The van der Waals surface area contributed by atoms with E-state index in [1.807, 2.05) is 19.9 Å². The molecule has 4 nitrogen and oxygen atoms in total. The number of rotatable bonds is 0. The van der Waals surface area contributed by atoms with Crippen LogP contribution in [0.1, 0.15) is 13.8 Å². The van der Waals surface area contributed by atoms with Crippen LogP contribution < -0.4 is 10.6 Å². The van der Waals surface area contributed by atoms with Crippen molar-refractivity contribution in [1.82, 2.24) is 0 Å². The summed E-state index contributed by atoms with van der Waals surface area (Å²) in [5.41, 5.74) is 0.743. The monoisotopic (exact) mass is 206 g/mol. The maximum absolute atomic E-state index is 11.8. The number of carbonyl (C=O) groups excluding carboxylic acids is 1. The summed E-state index contributed by atoms with van der Waals surface area (Å²) in [6.45, 7) is 4.27. The second-order valence-corrected chi connectivity index (χ2v) is 4.39. The molecular formula is C11H14N2O2. The molecule has 1 amide bonds. The molecule has 1 aliphatic heterocycles. The molecule has 0 bridgehead atoms. The van der Waals surface area contributed by atoms with Crippen LogP contribution >= 0.6 is 0 Å². The third-order valence-electron chi connectivity index (χ3n) is 2.62. The summed E-state index contributed by atoms with van der Waals surface area (Å²) in [7, 11) is 0. The Labute approximate surface area is 88.3 Å². The van der Waals surface area contributed by atoms with E-state index in [-0.39, 0.29) is 11.7 Å². The summed E-state index contributed by atoms with van der Waals surface area (Å²) < 4.78 is 0. The summed E-state index contributed by atoms with van der Waals surface area (Å²) in [6, 6.07) is 5.13. The lowest BCUT2D eigenvalue weighted by Crippen LogP contribution is -2.34. The maximum Gasteiger partial charge on any atom is 0.231 e. The molecule has 0 radical (unpaired) electrons. The Kier molecular flexibility index (Phi) is 2.07. The maximum atomic E-state index is 11.8. The van der Waals surface area contributed by atoms with Crippen molar-refractivity contribution in [2.24, 2.45) is 5.41 Å². The minimum Gasteiger partial charge on any atom is -0.506 e. The Morgan fingerprint density at radius 2 is 2.13 bits per heavy atom. The van der Waals surface area contributed by atoms with Gasteiger partial charge in [-0.15, -0.1) is 0 Å². The fraction of sp³-hybridized carbons (Fsp3) is 0.364. The molecule has 1 heterocycles. The topological polar surface area (TPSA) is 61.4 Å². The van der Waals surface area contributed by atoms with Gasteiger partial charge in [0.05, 0.1) is 11.1 Å². The molecule has 1 aliphatic rings. The molecule has 0 unspecified atom stereocenters. The SMILES string of the molecule is CC1(C)CNc2cccc(O)c2NC1=O. The minimum atomic E-state index is -0.481. The number of aromatic hydroxyl groups is 1. The van der Waals surface area contributed by atoms with E-state index in [0.29, 0.717) is 12.2 Å². The number of carbonyl (C=O) groups is 1. The highest BCUT2D eigenvalue weighted by Crippen LogP contribution is 2.35. The molecule has 1 aromatic rings. The average Bonchev–Trinajstić information content (AvgIpc) is 2.28. The molecule has 0 aromatic heterocycles. The predicted molar refractivity (Wildman–Crippen MR) is 59.0 cm³/mol. The number of benzene rings is 1. The van der Waals surface area contributed by atoms with E-state index in [1.54, 1.807) is 12.1 Å². The Bertz CT molecular complexity index is 413. The van der Waals surface area contributed by atoms with E-state index in [0.717, 1.165) is 5.69 Å². The summed E-state index contributed by atoms with van der Waals surface area (Å²) in [5, 5.41) is 15.5. The second-order valence-electron chi connectivity index (χ2n) is 4.39. The zero-order chi connectivity index (χ0) is 11.1. The van der Waals surface area contributed by atoms with Gasteiger partial charge in [-0.1, -0.05) is 6.07 Å². The number of nitrogens with one attached hydrogen (secondary N) is 2. The van der Waals surface area contributed by atoms with Gasteiger partial charge in [0.1, 0.15) is 11.4 Å². The normalized spacial score (nSPS) is 18.4. The van der Waals surface area contributed by atoms with E-state index in [2.05, 4.69) is 10.6 Å². The van der Waals surface area contributed by atoms with Crippen LogP contribution in [0.15, 0.2) is 18.2 Å². The Balaban J connectivity index is 2.45. The lowest BCUT2D eigenvalue weighted by atomic mass is 9.93. The van der Waals surface area contributed by atoms with Crippen LogP contribution in [0.5, 0.6) is 5.75 Å². The lowest BCUT2D eigenvalue weighted by molar-refractivity contribution is -0.123. The summed E-state index contributed by atoms with van der Waals surface area (Å²) in [6.07, 6.45) is 0. The number of hydrogen-bond acceptors (Lipinski definition) is 3. The molecule has 4 heteroatoms. The molecule has 0 aliphatic carbocycles. The third kappa shape index (κ3) is 1.63. The molecule has 0 spiro atoms. The van der Waals surface area contributed by atoms with Crippen molar-refractivity contribution in [2.45, 2.75) is 13.8 Å². The number of fused-ring (bicyclic) bond motifs is 1. The highest BCUT2D eigenvalue weighted by Gasteiger charge is 2.31. The highest BCUT2D eigenvalue weighted by molar-refractivity contribution is 6.01. The van der Waals surface area contributed by atoms with E-state index >= 15 is 0 Å². The first-order valence-corrected chi connectivity index (χ1v) is 4.88. The van der Waals surface area contributed by atoms with Crippen LogP contribution in [0, 0.1) is 5.41 Å². The Morgan fingerprint density at radius 1 is 1.40 bits per heavy atom. The highest BCUT2D eigenvalue weighted by atomic mass is 16.3. The van der Waals surface area contributed by atoms with Crippen molar-refractivity contribution in [1.29, 1.82) is 0 Å². The molecule has 80 valence electrons. The molecule has 1 aromatic carbocycles. The largest absolute Gasteiger partial charge is 0.506 e. The van der Waals surface area contributed by atoms with Gasteiger partial charge in [-0.3, -0.25) is 4.79 Å². The van der Waals surface area contributed by atoms with Gasteiger partial charge in [-0.25, -0.2) is 0 Å². The van der Waals surface area contributed by atoms with Crippen molar-refractivity contribution in [2.75, 3.05) is 17.2 Å². The van der Waals surface area contributed by atoms with Gasteiger partial charge >= 0.3 is 0 Å². The van der Waals surface area contributed by atoms with Crippen LogP contribution in [-0.2, 0) is 4.79 Å². The Hall–Kier alpha value is -1.71. The van der Waals surface area contributed by atoms with Crippen LogP contribution in [0.4, 0.5) is 11.4 Å². The van der Waals surface area contributed by atoms with Gasteiger partial charge in [-0.05, 0) is 26.0 Å². The lowest BCUT2D eigenvalue weighted by Gasteiger charge is -2.19. The molecule has 3 N–H and O–H groups in total. The van der Waals surface area contributed by atoms with Crippen molar-refractivity contribution in [3.8, 4) is 5.75 Å². The standard InChI is InChI=1S/C11H14N2O2/c1-11(2)6-12-7-4-3-5-8(14)9(7)13-10(11)15/h3-5,12,14H,6H2,1-2H3,(H,13,15). The van der Waals surface area contributed by atoms with Crippen LogP contribution in [0.2, 0.25) is 0 Å². The van der Waals surface area contributed by atoms with Crippen LogP contribution in [0.25, 0.3) is 0 Å². The van der Waals surface area contributed by atoms with Gasteiger partial charge in [0.2, 0.25) is 5.91 Å². The summed E-state index contributed by atoms with van der Waals surface area (Å²) in [5.74, 6) is 0.00120. The van der Waals surface area contributed by atoms with Gasteiger partial charge in [0.15, 0.2) is 0 Å².